The molecule has 2 rings (SSSR count). The van der Waals surface area contributed by atoms with Crippen LogP contribution in [0.2, 0.25) is 0 Å². The van der Waals surface area contributed by atoms with Crippen molar-refractivity contribution in [1.29, 1.82) is 0 Å². The van der Waals surface area contributed by atoms with Gasteiger partial charge in [0.15, 0.2) is 0 Å². The van der Waals surface area contributed by atoms with Gasteiger partial charge in [-0.05, 0) is 18.1 Å². The summed E-state index contributed by atoms with van der Waals surface area (Å²) in [5.41, 5.74) is 3.66. The summed E-state index contributed by atoms with van der Waals surface area (Å²) in [4.78, 5) is 0. The summed E-state index contributed by atoms with van der Waals surface area (Å²) < 4.78 is 5.25. The Morgan fingerprint density at radius 1 is 1.00 bits per heavy atom. The van der Waals surface area contributed by atoms with Crippen molar-refractivity contribution in [1.82, 2.24) is 0 Å². The minimum Gasteiger partial charge on any atom is -0.380 e. The van der Waals surface area contributed by atoms with Crippen LogP contribution in [0.4, 0.5) is 5.69 Å². The first-order valence-electron chi connectivity index (χ1n) is 6.73. The van der Waals surface area contributed by atoms with Crippen LogP contribution in [-0.2, 0) is 11.3 Å². The molecule has 0 bridgehead atoms. The summed E-state index contributed by atoms with van der Waals surface area (Å²) in [6.07, 6.45) is 1.05. The fraction of sp³-hybridized carbons (Fsp3) is 0.294. The van der Waals surface area contributed by atoms with Gasteiger partial charge in [-0.2, -0.15) is 0 Å². The van der Waals surface area contributed by atoms with Gasteiger partial charge >= 0.3 is 0 Å². The predicted octanol–water partition coefficient (Wildman–Crippen LogP) is 4.40. The highest BCUT2D eigenvalue weighted by atomic mass is 16.5. The van der Waals surface area contributed by atoms with Crippen LogP contribution in [0.3, 0.4) is 0 Å². The molecule has 2 aromatic rings. The Kier molecular flexibility index (Phi) is 4.99. The molecule has 0 amide bonds. The molecule has 0 saturated heterocycles. The maximum atomic E-state index is 5.25. The molecule has 0 heterocycles. The number of nitrogens with one attached hydrogen (secondary N) is 1. The molecule has 19 heavy (non-hydrogen) atoms. The molecule has 0 aliphatic rings. The zero-order chi connectivity index (χ0) is 13.5. The van der Waals surface area contributed by atoms with Crippen molar-refractivity contribution in [2.75, 3.05) is 12.4 Å². The molecule has 1 atom stereocenters. The maximum Gasteiger partial charge on any atom is 0.0733 e. The quantitative estimate of drug-likeness (QED) is 0.826. The van der Waals surface area contributed by atoms with Crippen LogP contribution in [0.25, 0.3) is 0 Å². The lowest BCUT2D eigenvalue weighted by molar-refractivity contribution is 0.185. The summed E-state index contributed by atoms with van der Waals surface area (Å²) in [6.45, 7) is 2.83. The molecule has 0 fully saturated rings. The van der Waals surface area contributed by atoms with Crippen LogP contribution in [0.5, 0.6) is 0 Å². The highest BCUT2D eigenvalue weighted by Gasteiger charge is 2.10. The second-order valence-electron chi connectivity index (χ2n) is 4.61. The number of anilines is 1. The Morgan fingerprint density at radius 2 is 1.68 bits per heavy atom. The number of methoxy groups -OCH3 is 1. The van der Waals surface area contributed by atoms with E-state index in [9.17, 15) is 0 Å². The Balaban J connectivity index is 2.19. The second kappa shape index (κ2) is 6.95. The number of ether oxygens (including phenoxy) is 1. The zero-order valence-electron chi connectivity index (χ0n) is 11.6. The van der Waals surface area contributed by atoms with E-state index in [2.05, 4.69) is 60.8 Å². The van der Waals surface area contributed by atoms with E-state index in [1.54, 1.807) is 7.11 Å². The van der Waals surface area contributed by atoms with Crippen molar-refractivity contribution in [3.05, 3.63) is 65.7 Å². The van der Waals surface area contributed by atoms with Gasteiger partial charge in [0.05, 0.1) is 12.6 Å². The van der Waals surface area contributed by atoms with E-state index < -0.39 is 0 Å². The predicted molar refractivity (Wildman–Crippen MR) is 80.3 cm³/mol. The Labute approximate surface area is 115 Å². The van der Waals surface area contributed by atoms with Crippen molar-refractivity contribution in [3.63, 3.8) is 0 Å². The van der Waals surface area contributed by atoms with E-state index in [1.165, 1.54) is 11.1 Å². The average Bonchev–Trinajstić information content (AvgIpc) is 2.47. The molecule has 0 spiro atoms. The van der Waals surface area contributed by atoms with Gasteiger partial charge in [0.25, 0.3) is 0 Å². The van der Waals surface area contributed by atoms with Crippen molar-refractivity contribution in [2.45, 2.75) is 26.0 Å². The van der Waals surface area contributed by atoms with Gasteiger partial charge in [-0.25, -0.2) is 0 Å². The van der Waals surface area contributed by atoms with Gasteiger partial charge in [-0.1, -0.05) is 55.5 Å². The normalized spacial score (nSPS) is 12.1. The molecule has 2 nitrogen and oxygen atoms in total. The second-order valence-corrected chi connectivity index (χ2v) is 4.61. The third kappa shape index (κ3) is 3.58. The summed E-state index contributed by atoms with van der Waals surface area (Å²) in [5, 5.41) is 3.62. The van der Waals surface area contributed by atoms with Crippen molar-refractivity contribution < 1.29 is 4.74 Å². The topological polar surface area (TPSA) is 21.3 Å². The van der Waals surface area contributed by atoms with Gasteiger partial charge in [-0.15, -0.1) is 0 Å². The average molecular weight is 255 g/mol. The Hall–Kier alpha value is -1.80. The molecule has 1 N–H and O–H groups in total. The van der Waals surface area contributed by atoms with E-state index in [-0.39, 0.29) is 0 Å². The number of rotatable bonds is 6. The van der Waals surface area contributed by atoms with E-state index in [4.69, 9.17) is 4.74 Å². The van der Waals surface area contributed by atoms with Gasteiger partial charge in [-0.3, -0.25) is 0 Å². The number of benzene rings is 2. The minimum atomic E-state index is 0.333. The van der Waals surface area contributed by atoms with Crippen LogP contribution in [0, 0.1) is 0 Å². The van der Waals surface area contributed by atoms with Crippen LogP contribution in [0.1, 0.15) is 30.5 Å². The molecule has 0 radical (unpaired) electrons. The summed E-state index contributed by atoms with van der Waals surface area (Å²) in [6, 6.07) is 19.2. The van der Waals surface area contributed by atoms with Crippen LogP contribution in [0.15, 0.2) is 54.6 Å². The first-order valence-corrected chi connectivity index (χ1v) is 6.73. The lowest BCUT2D eigenvalue weighted by Crippen LogP contribution is -2.11. The molecule has 100 valence electrons. The van der Waals surface area contributed by atoms with Gasteiger partial charge < -0.3 is 10.1 Å². The molecule has 2 heteroatoms. The lowest BCUT2D eigenvalue weighted by Gasteiger charge is -2.21. The fourth-order valence-corrected chi connectivity index (χ4v) is 2.24. The molecule has 1 unspecified atom stereocenters. The van der Waals surface area contributed by atoms with E-state index in [0.29, 0.717) is 12.6 Å². The number of hydrogen-bond acceptors (Lipinski definition) is 2. The molecular formula is C17H21NO. The summed E-state index contributed by atoms with van der Waals surface area (Å²) >= 11 is 0. The van der Waals surface area contributed by atoms with Gasteiger partial charge in [0.2, 0.25) is 0 Å². The first kappa shape index (κ1) is 13.6. The zero-order valence-corrected chi connectivity index (χ0v) is 11.6. The standard InChI is InChI=1S/C17H21NO/c1-3-16(14-9-5-4-6-10-14)18-17-12-8-7-11-15(17)13-19-2/h4-12,16,18H,3,13H2,1-2H3. The molecule has 0 saturated carbocycles. The minimum absolute atomic E-state index is 0.333. The molecular weight excluding hydrogens is 234 g/mol. The van der Waals surface area contributed by atoms with Crippen molar-refractivity contribution in [2.24, 2.45) is 0 Å². The van der Waals surface area contributed by atoms with E-state index in [0.717, 1.165) is 12.1 Å². The van der Waals surface area contributed by atoms with Crippen LogP contribution >= 0.6 is 0 Å². The number of para-hydroxylation sites is 1. The SMILES string of the molecule is CCC(Nc1ccccc1COC)c1ccccc1. The third-order valence-corrected chi connectivity index (χ3v) is 3.26. The maximum absolute atomic E-state index is 5.25. The monoisotopic (exact) mass is 255 g/mol. The van der Waals surface area contributed by atoms with Gasteiger partial charge in [0, 0.05) is 18.4 Å². The molecule has 2 aromatic carbocycles. The highest BCUT2D eigenvalue weighted by Crippen LogP contribution is 2.25. The molecule has 0 aliphatic heterocycles. The highest BCUT2D eigenvalue weighted by molar-refractivity contribution is 5.52. The first-order chi connectivity index (χ1) is 9.35. The summed E-state index contributed by atoms with van der Waals surface area (Å²) in [7, 11) is 1.73. The van der Waals surface area contributed by atoms with E-state index >= 15 is 0 Å². The van der Waals surface area contributed by atoms with E-state index in [1.807, 2.05) is 6.07 Å². The fourth-order valence-electron chi connectivity index (χ4n) is 2.24. The number of hydrogen-bond donors (Lipinski definition) is 1. The van der Waals surface area contributed by atoms with Crippen LogP contribution < -0.4 is 5.32 Å². The van der Waals surface area contributed by atoms with Crippen molar-refractivity contribution in [3.8, 4) is 0 Å². The summed E-state index contributed by atoms with van der Waals surface area (Å²) in [5.74, 6) is 0. The molecule has 0 aromatic heterocycles. The smallest absolute Gasteiger partial charge is 0.0733 e. The third-order valence-electron chi connectivity index (χ3n) is 3.26. The van der Waals surface area contributed by atoms with Gasteiger partial charge in [0.1, 0.15) is 0 Å². The van der Waals surface area contributed by atoms with Crippen LogP contribution in [-0.4, -0.2) is 7.11 Å². The van der Waals surface area contributed by atoms with Crippen molar-refractivity contribution >= 4 is 5.69 Å². The molecule has 0 aliphatic carbocycles. The Morgan fingerprint density at radius 3 is 2.37 bits per heavy atom. The largest absolute Gasteiger partial charge is 0.380 e. The Bertz CT molecular complexity index is 496. The lowest BCUT2D eigenvalue weighted by atomic mass is 10.0.